The first-order chi connectivity index (χ1) is 17.9. The first kappa shape index (κ1) is 24.2. The molecule has 8 nitrogen and oxygen atoms in total. The van der Waals surface area contributed by atoms with Crippen LogP contribution in [0.25, 0.3) is 11.4 Å². The zero-order chi connectivity index (χ0) is 25.8. The van der Waals surface area contributed by atoms with E-state index in [-0.39, 0.29) is 5.41 Å². The van der Waals surface area contributed by atoms with Gasteiger partial charge in [-0.05, 0) is 78.4 Å². The highest BCUT2D eigenvalue weighted by Crippen LogP contribution is 2.34. The van der Waals surface area contributed by atoms with Gasteiger partial charge in [0.2, 0.25) is 0 Å². The number of rotatable bonds is 8. The molecule has 0 unspecified atom stereocenters. The van der Waals surface area contributed by atoms with E-state index in [0.29, 0.717) is 29.6 Å². The Labute approximate surface area is 216 Å². The smallest absolute Gasteiger partial charge is 0.155 e. The van der Waals surface area contributed by atoms with Crippen LogP contribution >= 0.6 is 0 Å². The van der Waals surface area contributed by atoms with Crippen LogP contribution in [-0.4, -0.2) is 27.2 Å². The molecule has 0 fully saturated rings. The first-order valence-electron chi connectivity index (χ1n) is 12.2. The highest BCUT2D eigenvalue weighted by atomic mass is 16.5. The predicted octanol–water partition coefficient (Wildman–Crippen LogP) is 7.18. The Morgan fingerprint density at radius 2 is 1.84 bits per heavy atom. The zero-order valence-corrected chi connectivity index (χ0v) is 21.4. The van der Waals surface area contributed by atoms with E-state index in [4.69, 9.17) is 9.72 Å². The summed E-state index contributed by atoms with van der Waals surface area (Å²) in [5.74, 6) is 1.99. The SMILES string of the molecule is Cc1cc(Oc2ccnc(Nc3cccc(C(C)(C)CC4=NN=NC4)c3)c2)c(-c2ccccn2)nc1C. The fraction of sp³-hybridized carbons (Fsp3) is 0.241. The van der Waals surface area contributed by atoms with Gasteiger partial charge in [-0.2, -0.15) is 5.11 Å². The van der Waals surface area contributed by atoms with Gasteiger partial charge in [-0.3, -0.25) is 4.98 Å². The maximum Gasteiger partial charge on any atom is 0.155 e. The van der Waals surface area contributed by atoms with Gasteiger partial charge in [0, 0.05) is 29.8 Å². The highest BCUT2D eigenvalue weighted by Gasteiger charge is 2.24. The standard InChI is InChI=1S/C29H29N7O/c1-19-14-26(28(33-20(19)2)25-10-5-6-12-30-25)37-24-11-13-31-27(16-24)34-22-9-7-8-21(15-22)29(3,4)17-23-18-32-36-35-23/h5-16H,17-18H2,1-4H3,(H,31,34). The quantitative estimate of drug-likeness (QED) is 0.281. The van der Waals surface area contributed by atoms with Crippen molar-refractivity contribution in [3.63, 3.8) is 0 Å². The summed E-state index contributed by atoms with van der Waals surface area (Å²) in [6, 6.07) is 19.8. The van der Waals surface area contributed by atoms with Gasteiger partial charge in [-0.25, -0.2) is 9.97 Å². The van der Waals surface area contributed by atoms with Crippen molar-refractivity contribution in [3.05, 3.63) is 89.9 Å². The van der Waals surface area contributed by atoms with Crippen LogP contribution in [-0.2, 0) is 5.41 Å². The van der Waals surface area contributed by atoms with Crippen molar-refractivity contribution >= 4 is 17.2 Å². The fourth-order valence-corrected chi connectivity index (χ4v) is 4.22. The predicted molar refractivity (Wildman–Crippen MR) is 146 cm³/mol. The topological polar surface area (TPSA) is 97.0 Å². The fourth-order valence-electron chi connectivity index (χ4n) is 4.22. The molecule has 1 aliphatic rings. The van der Waals surface area contributed by atoms with E-state index >= 15 is 0 Å². The van der Waals surface area contributed by atoms with Crippen molar-refractivity contribution in [2.45, 2.75) is 39.5 Å². The molecule has 0 bridgehead atoms. The number of anilines is 2. The van der Waals surface area contributed by atoms with Crippen LogP contribution in [0.4, 0.5) is 11.5 Å². The summed E-state index contributed by atoms with van der Waals surface area (Å²) in [6.07, 6.45) is 4.28. The maximum atomic E-state index is 6.32. The molecule has 37 heavy (non-hydrogen) atoms. The Morgan fingerprint density at radius 3 is 2.62 bits per heavy atom. The number of benzene rings is 1. The van der Waals surface area contributed by atoms with Crippen LogP contribution in [0.2, 0.25) is 0 Å². The number of nitrogens with zero attached hydrogens (tertiary/aromatic N) is 6. The third kappa shape index (κ3) is 5.69. The number of nitrogens with one attached hydrogen (secondary N) is 1. The number of aromatic nitrogens is 3. The van der Waals surface area contributed by atoms with Crippen molar-refractivity contribution in [3.8, 4) is 22.9 Å². The van der Waals surface area contributed by atoms with Crippen LogP contribution in [0.5, 0.6) is 11.5 Å². The molecular formula is C29H29N7O. The van der Waals surface area contributed by atoms with Crippen molar-refractivity contribution < 1.29 is 4.74 Å². The Bertz CT molecular complexity index is 1480. The molecule has 186 valence electrons. The summed E-state index contributed by atoms with van der Waals surface area (Å²) in [5.41, 5.74) is 6.49. The van der Waals surface area contributed by atoms with Crippen LogP contribution < -0.4 is 10.1 Å². The van der Waals surface area contributed by atoms with Crippen molar-refractivity contribution in [1.29, 1.82) is 0 Å². The number of hydrogen-bond acceptors (Lipinski definition) is 8. The summed E-state index contributed by atoms with van der Waals surface area (Å²) in [4.78, 5) is 13.7. The third-order valence-corrected chi connectivity index (χ3v) is 6.36. The lowest BCUT2D eigenvalue weighted by Crippen LogP contribution is -2.22. The minimum Gasteiger partial charge on any atom is -0.455 e. The molecule has 4 aromatic rings. The van der Waals surface area contributed by atoms with Gasteiger partial charge < -0.3 is 10.1 Å². The van der Waals surface area contributed by atoms with Crippen molar-refractivity contribution in [2.24, 2.45) is 15.4 Å². The zero-order valence-electron chi connectivity index (χ0n) is 21.4. The van der Waals surface area contributed by atoms with E-state index in [1.165, 1.54) is 5.56 Å². The second-order valence-electron chi connectivity index (χ2n) is 9.75. The van der Waals surface area contributed by atoms with E-state index < -0.39 is 0 Å². The molecule has 0 atom stereocenters. The van der Waals surface area contributed by atoms with Crippen LogP contribution in [0, 0.1) is 13.8 Å². The van der Waals surface area contributed by atoms with Gasteiger partial charge in [0.25, 0.3) is 0 Å². The number of pyridine rings is 3. The number of ether oxygens (including phenoxy) is 1. The van der Waals surface area contributed by atoms with E-state index in [9.17, 15) is 0 Å². The molecule has 0 amide bonds. The molecule has 1 aliphatic heterocycles. The maximum absolute atomic E-state index is 6.32. The minimum atomic E-state index is -0.109. The Balaban J connectivity index is 1.37. The van der Waals surface area contributed by atoms with Gasteiger partial charge in [0.05, 0.1) is 11.4 Å². The van der Waals surface area contributed by atoms with Crippen molar-refractivity contribution in [2.75, 3.05) is 11.9 Å². The molecule has 0 radical (unpaired) electrons. The summed E-state index contributed by atoms with van der Waals surface area (Å²) < 4.78 is 6.32. The van der Waals surface area contributed by atoms with Crippen molar-refractivity contribution in [1.82, 2.24) is 15.0 Å². The summed E-state index contributed by atoms with van der Waals surface area (Å²) in [7, 11) is 0. The largest absolute Gasteiger partial charge is 0.455 e. The molecule has 4 heterocycles. The molecule has 5 rings (SSSR count). The monoisotopic (exact) mass is 491 g/mol. The molecule has 0 saturated heterocycles. The van der Waals surface area contributed by atoms with Gasteiger partial charge in [-0.15, -0.1) is 5.10 Å². The second-order valence-corrected chi connectivity index (χ2v) is 9.75. The van der Waals surface area contributed by atoms with Gasteiger partial charge in [0.15, 0.2) is 5.75 Å². The molecule has 1 N–H and O–H groups in total. The molecule has 1 aromatic carbocycles. The van der Waals surface area contributed by atoms with Gasteiger partial charge in [-0.1, -0.05) is 32.0 Å². The molecule has 0 aliphatic carbocycles. The molecule has 0 spiro atoms. The highest BCUT2D eigenvalue weighted by molar-refractivity contribution is 5.88. The Morgan fingerprint density at radius 1 is 0.946 bits per heavy atom. The van der Waals surface area contributed by atoms with E-state index in [1.54, 1.807) is 12.4 Å². The summed E-state index contributed by atoms with van der Waals surface area (Å²) in [5, 5.41) is 15.3. The average molecular weight is 492 g/mol. The normalized spacial score (nSPS) is 12.9. The Kier molecular flexibility index (Phi) is 6.72. The van der Waals surface area contributed by atoms with E-state index in [2.05, 4.69) is 56.7 Å². The van der Waals surface area contributed by atoms with Crippen LogP contribution in [0.15, 0.2) is 88.5 Å². The van der Waals surface area contributed by atoms with Gasteiger partial charge in [0.1, 0.15) is 23.8 Å². The molecule has 3 aromatic heterocycles. The number of aryl methyl sites for hydroxylation is 2. The number of hydrogen-bond donors (Lipinski definition) is 1. The molecule has 8 heteroatoms. The lowest BCUT2D eigenvalue weighted by atomic mass is 9.80. The summed E-state index contributed by atoms with van der Waals surface area (Å²) >= 11 is 0. The third-order valence-electron chi connectivity index (χ3n) is 6.36. The first-order valence-corrected chi connectivity index (χ1v) is 12.2. The van der Waals surface area contributed by atoms with E-state index in [1.807, 2.05) is 62.4 Å². The van der Waals surface area contributed by atoms with E-state index in [0.717, 1.165) is 34.8 Å². The minimum absolute atomic E-state index is 0.109. The lowest BCUT2D eigenvalue weighted by molar-refractivity contribution is 0.481. The molecule has 0 saturated carbocycles. The lowest BCUT2D eigenvalue weighted by Gasteiger charge is -2.25. The van der Waals surface area contributed by atoms with Crippen LogP contribution in [0.3, 0.4) is 0 Å². The summed E-state index contributed by atoms with van der Waals surface area (Å²) in [6.45, 7) is 9.00. The second kappa shape index (κ2) is 10.3. The van der Waals surface area contributed by atoms with Crippen LogP contribution in [0.1, 0.15) is 37.1 Å². The van der Waals surface area contributed by atoms with Gasteiger partial charge >= 0.3 is 0 Å². The Hall–Kier alpha value is -4.46. The molecular weight excluding hydrogens is 462 g/mol. The average Bonchev–Trinajstić information content (AvgIpc) is 3.39.